The number of amides is 1. The molecule has 0 radical (unpaired) electrons. The van der Waals surface area contributed by atoms with E-state index in [0.717, 1.165) is 34.9 Å². The Morgan fingerprint density at radius 3 is 2.73 bits per heavy atom. The molecule has 22 heavy (non-hydrogen) atoms. The van der Waals surface area contributed by atoms with Crippen LogP contribution in [0.25, 0.3) is 0 Å². The molecule has 1 saturated carbocycles. The normalized spacial score (nSPS) is 19.7. The van der Waals surface area contributed by atoms with Crippen LogP contribution in [0.3, 0.4) is 0 Å². The highest BCUT2D eigenvalue weighted by Crippen LogP contribution is 2.51. The molecule has 4 rings (SSSR count). The van der Waals surface area contributed by atoms with Crippen molar-refractivity contribution in [1.82, 2.24) is 9.78 Å². The predicted octanol–water partition coefficient (Wildman–Crippen LogP) is 3.37. The van der Waals surface area contributed by atoms with Crippen LogP contribution in [-0.2, 0) is 16.8 Å². The zero-order chi connectivity index (χ0) is 15.3. The third-order valence-electron chi connectivity index (χ3n) is 5.10. The number of nitrogens with zero attached hydrogens (tertiary/aromatic N) is 3. The number of carbonyl (C=O) groups is 1. The van der Waals surface area contributed by atoms with Crippen molar-refractivity contribution in [2.45, 2.75) is 37.6 Å². The van der Waals surface area contributed by atoms with Crippen LogP contribution in [-0.4, -0.2) is 22.7 Å². The van der Waals surface area contributed by atoms with Gasteiger partial charge in [0.05, 0.1) is 12.2 Å². The molecule has 114 valence electrons. The second-order valence-corrected chi connectivity index (χ2v) is 6.64. The summed E-state index contributed by atoms with van der Waals surface area (Å²) in [5.74, 6) is 1.05. The molecule has 0 spiro atoms. The van der Waals surface area contributed by atoms with E-state index in [4.69, 9.17) is 16.7 Å². The second kappa shape index (κ2) is 4.85. The number of aryl methyl sites for hydroxylation is 1. The number of hydrogen-bond acceptors (Lipinski definition) is 2. The van der Waals surface area contributed by atoms with Crippen molar-refractivity contribution < 1.29 is 4.79 Å². The Morgan fingerprint density at radius 1 is 1.27 bits per heavy atom. The maximum Gasteiger partial charge on any atom is 0.229 e. The Hall–Kier alpha value is -1.81. The minimum Gasteiger partial charge on any atom is -0.300 e. The molecule has 0 unspecified atom stereocenters. The molecule has 4 nitrogen and oxygen atoms in total. The van der Waals surface area contributed by atoms with E-state index < -0.39 is 0 Å². The smallest absolute Gasteiger partial charge is 0.229 e. The van der Waals surface area contributed by atoms with Gasteiger partial charge >= 0.3 is 0 Å². The van der Waals surface area contributed by atoms with Crippen molar-refractivity contribution in [2.75, 3.05) is 11.9 Å². The lowest BCUT2D eigenvalue weighted by atomic mass is 9.62. The van der Waals surface area contributed by atoms with Gasteiger partial charge in [0.1, 0.15) is 5.82 Å². The third kappa shape index (κ3) is 1.83. The Kier molecular flexibility index (Phi) is 3.05. The summed E-state index contributed by atoms with van der Waals surface area (Å²) in [7, 11) is 1.82. The van der Waals surface area contributed by atoms with Gasteiger partial charge in [-0.25, -0.2) is 4.68 Å². The summed E-state index contributed by atoms with van der Waals surface area (Å²) in [6, 6.07) is 10.1. The quantitative estimate of drug-likeness (QED) is 0.852. The predicted molar refractivity (Wildman–Crippen MR) is 86.3 cm³/mol. The number of aromatic nitrogens is 2. The van der Waals surface area contributed by atoms with E-state index in [9.17, 15) is 4.79 Å². The fraction of sp³-hybridized carbons (Fsp3) is 0.412. The third-order valence-corrected chi connectivity index (χ3v) is 5.43. The molecule has 2 aliphatic rings. The van der Waals surface area contributed by atoms with Crippen LogP contribution in [0.4, 0.5) is 5.82 Å². The summed E-state index contributed by atoms with van der Waals surface area (Å²) < 4.78 is 1.95. The van der Waals surface area contributed by atoms with Crippen LogP contribution in [0.15, 0.2) is 30.3 Å². The number of benzene rings is 1. The van der Waals surface area contributed by atoms with Crippen LogP contribution in [0.5, 0.6) is 0 Å². The van der Waals surface area contributed by atoms with Gasteiger partial charge in [0.2, 0.25) is 5.91 Å². The Labute approximate surface area is 134 Å². The summed E-state index contributed by atoms with van der Waals surface area (Å²) in [5, 5.41) is 5.61. The molecule has 2 aromatic rings. The summed E-state index contributed by atoms with van der Waals surface area (Å²) in [4.78, 5) is 13.6. The van der Waals surface area contributed by atoms with Crippen molar-refractivity contribution in [3.8, 4) is 0 Å². The van der Waals surface area contributed by atoms with E-state index >= 15 is 0 Å². The second-order valence-electron chi connectivity index (χ2n) is 6.23. The van der Waals surface area contributed by atoms with Gasteiger partial charge in [-0.2, -0.15) is 5.10 Å². The van der Waals surface area contributed by atoms with E-state index in [2.05, 4.69) is 12.1 Å². The van der Waals surface area contributed by atoms with Crippen LogP contribution in [0, 0.1) is 0 Å². The first-order valence-electron chi connectivity index (χ1n) is 7.72. The number of hydrogen-bond donors (Lipinski definition) is 0. The van der Waals surface area contributed by atoms with Crippen molar-refractivity contribution in [3.63, 3.8) is 0 Å². The van der Waals surface area contributed by atoms with Crippen LogP contribution in [0.2, 0.25) is 5.02 Å². The van der Waals surface area contributed by atoms with Crippen LogP contribution < -0.4 is 4.90 Å². The monoisotopic (exact) mass is 315 g/mol. The summed E-state index contributed by atoms with van der Waals surface area (Å²) in [5.41, 5.74) is 2.11. The Bertz CT molecular complexity index is 748. The lowest BCUT2D eigenvalue weighted by molar-refractivity contribution is -0.119. The molecule has 0 N–H and O–H groups in total. The highest BCUT2D eigenvalue weighted by molar-refractivity contribution is 6.31. The average molecular weight is 316 g/mol. The number of halogens is 1. The SMILES string of the molecule is CN1C(=O)CCn2nc(C3(c4ccccc4Cl)CCC3)cc21. The largest absolute Gasteiger partial charge is 0.300 e. The van der Waals surface area contributed by atoms with Crippen molar-refractivity contribution in [1.29, 1.82) is 0 Å². The van der Waals surface area contributed by atoms with Gasteiger partial charge in [0.25, 0.3) is 0 Å². The lowest BCUT2D eigenvalue weighted by Crippen LogP contribution is -2.36. The first-order chi connectivity index (χ1) is 10.6. The highest BCUT2D eigenvalue weighted by atomic mass is 35.5. The zero-order valence-corrected chi connectivity index (χ0v) is 13.3. The molecule has 0 atom stereocenters. The fourth-order valence-corrected chi connectivity index (χ4v) is 3.93. The number of carbonyl (C=O) groups excluding carboxylic acids is 1. The topological polar surface area (TPSA) is 38.1 Å². The summed E-state index contributed by atoms with van der Waals surface area (Å²) in [6.45, 7) is 0.664. The van der Waals surface area contributed by atoms with Crippen molar-refractivity contribution in [2.24, 2.45) is 0 Å². The molecule has 1 aromatic heterocycles. The standard InChI is InChI=1S/C17H18ClN3O/c1-20-15-11-14(19-21(15)10-7-16(20)22)17(8-4-9-17)12-5-2-3-6-13(12)18/h2-3,5-6,11H,4,7-10H2,1H3. The summed E-state index contributed by atoms with van der Waals surface area (Å²) in [6.07, 6.45) is 3.82. The number of rotatable bonds is 2. The zero-order valence-electron chi connectivity index (χ0n) is 12.6. The molecule has 1 aromatic carbocycles. The highest BCUT2D eigenvalue weighted by Gasteiger charge is 2.44. The van der Waals surface area contributed by atoms with E-state index in [0.29, 0.717) is 13.0 Å². The minimum absolute atomic E-state index is 0.0907. The molecular weight excluding hydrogens is 298 g/mol. The molecular formula is C17H18ClN3O. The lowest BCUT2D eigenvalue weighted by Gasteiger charge is -2.41. The number of anilines is 1. The Balaban J connectivity index is 1.82. The van der Waals surface area contributed by atoms with Gasteiger partial charge in [0.15, 0.2) is 0 Å². The van der Waals surface area contributed by atoms with Gasteiger partial charge < -0.3 is 4.90 Å². The van der Waals surface area contributed by atoms with Crippen LogP contribution >= 0.6 is 11.6 Å². The summed E-state index contributed by atoms with van der Waals surface area (Å²) >= 11 is 6.45. The first kappa shape index (κ1) is 13.8. The molecule has 0 bridgehead atoms. The maximum absolute atomic E-state index is 11.9. The molecule has 1 fully saturated rings. The first-order valence-corrected chi connectivity index (χ1v) is 8.09. The van der Waals surface area contributed by atoms with Gasteiger partial charge in [0, 0.05) is 30.0 Å². The fourth-order valence-electron chi connectivity index (χ4n) is 3.62. The van der Waals surface area contributed by atoms with Crippen molar-refractivity contribution in [3.05, 3.63) is 46.6 Å². The molecule has 1 amide bonds. The molecule has 5 heteroatoms. The maximum atomic E-state index is 11.9. The molecule has 0 saturated heterocycles. The van der Waals surface area contributed by atoms with E-state index in [1.807, 2.05) is 29.9 Å². The molecule has 2 heterocycles. The van der Waals surface area contributed by atoms with Crippen molar-refractivity contribution >= 4 is 23.3 Å². The minimum atomic E-state index is -0.0907. The van der Waals surface area contributed by atoms with E-state index in [1.165, 1.54) is 6.42 Å². The average Bonchev–Trinajstić information content (AvgIpc) is 2.89. The Morgan fingerprint density at radius 2 is 2.05 bits per heavy atom. The van der Waals surface area contributed by atoms with Crippen LogP contribution in [0.1, 0.15) is 36.9 Å². The van der Waals surface area contributed by atoms with E-state index in [-0.39, 0.29) is 11.3 Å². The molecule has 1 aliphatic carbocycles. The molecule has 1 aliphatic heterocycles. The van der Waals surface area contributed by atoms with Gasteiger partial charge in [-0.05, 0) is 24.5 Å². The number of fused-ring (bicyclic) bond motifs is 1. The van der Waals surface area contributed by atoms with E-state index in [1.54, 1.807) is 4.90 Å². The van der Waals surface area contributed by atoms with Gasteiger partial charge in [-0.3, -0.25) is 4.79 Å². The van der Waals surface area contributed by atoms with Gasteiger partial charge in [-0.15, -0.1) is 0 Å². The van der Waals surface area contributed by atoms with Gasteiger partial charge in [-0.1, -0.05) is 36.2 Å².